The third kappa shape index (κ3) is 4.24. The van der Waals surface area contributed by atoms with Crippen LogP contribution in [0.3, 0.4) is 0 Å². The Labute approximate surface area is 114 Å². The Bertz CT molecular complexity index is 453. The van der Waals surface area contributed by atoms with Gasteiger partial charge < -0.3 is 19.9 Å². The average Bonchev–Trinajstić information content (AvgIpc) is 2.83. The Morgan fingerprint density at radius 3 is 3.00 bits per heavy atom. The maximum Gasteiger partial charge on any atom is 0.406 e. The monoisotopic (exact) mass is 291 g/mol. The summed E-state index contributed by atoms with van der Waals surface area (Å²) in [6, 6.07) is 2.78. The predicted molar refractivity (Wildman–Crippen MR) is 65.4 cm³/mol. The molecule has 5 nitrogen and oxygen atoms in total. The van der Waals surface area contributed by atoms with Crippen molar-refractivity contribution >= 4 is 5.91 Å². The molecule has 8 heteroatoms. The lowest BCUT2D eigenvalue weighted by molar-refractivity contribution is -0.140. The number of morpholine rings is 1. The van der Waals surface area contributed by atoms with Crippen molar-refractivity contribution < 1.29 is 22.7 Å². The second kappa shape index (κ2) is 6.27. The number of nitrogens with one attached hydrogen (secondary N) is 2. The summed E-state index contributed by atoms with van der Waals surface area (Å²) < 4.78 is 43.4. The van der Waals surface area contributed by atoms with Gasteiger partial charge in [-0.05, 0) is 12.1 Å². The molecule has 2 N–H and O–H groups in total. The zero-order valence-corrected chi connectivity index (χ0v) is 10.7. The summed E-state index contributed by atoms with van der Waals surface area (Å²) in [7, 11) is 0. The van der Waals surface area contributed by atoms with Gasteiger partial charge in [-0.15, -0.1) is 0 Å². The van der Waals surface area contributed by atoms with Gasteiger partial charge in [0.25, 0.3) is 5.91 Å². The summed E-state index contributed by atoms with van der Waals surface area (Å²) in [6.45, 7) is 1.03. The summed E-state index contributed by atoms with van der Waals surface area (Å²) in [5, 5.41) is 5.69. The number of carbonyl (C=O) groups is 1. The van der Waals surface area contributed by atoms with E-state index in [1.165, 1.54) is 18.3 Å². The number of aromatic nitrogens is 1. The molecule has 2 heterocycles. The summed E-state index contributed by atoms with van der Waals surface area (Å²) >= 11 is 0. The van der Waals surface area contributed by atoms with E-state index >= 15 is 0 Å². The van der Waals surface area contributed by atoms with Crippen molar-refractivity contribution in [3.05, 3.63) is 24.0 Å². The zero-order chi connectivity index (χ0) is 14.6. The van der Waals surface area contributed by atoms with E-state index < -0.39 is 18.6 Å². The second-order valence-corrected chi connectivity index (χ2v) is 4.54. The molecule has 1 amide bonds. The van der Waals surface area contributed by atoms with Gasteiger partial charge in [-0.2, -0.15) is 13.2 Å². The number of carbonyl (C=O) groups excluding carboxylic acids is 1. The van der Waals surface area contributed by atoms with Crippen molar-refractivity contribution in [2.45, 2.75) is 18.8 Å². The van der Waals surface area contributed by atoms with Crippen LogP contribution in [0, 0.1) is 0 Å². The van der Waals surface area contributed by atoms with Crippen molar-refractivity contribution in [2.24, 2.45) is 0 Å². The number of alkyl halides is 3. The highest BCUT2D eigenvalue weighted by Gasteiger charge is 2.29. The minimum atomic E-state index is -4.36. The van der Waals surface area contributed by atoms with Crippen LogP contribution >= 0.6 is 0 Å². The first-order chi connectivity index (χ1) is 9.46. The normalized spacial score (nSPS) is 19.9. The quantitative estimate of drug-likeness (QED) is 0.861. The molecule has 1 aliphatic rings. The van der Waals surface area contributed by atoms with E-state index in [4.69, 9.17) is 4.74 Å². The molecule has 1 saturated heterocycles. The molecule has 20 heavy (non-hydrogen) atoms. The molecule has 1 unspecified atom stereocenters. The van der Waals surface area contributed by atoms with E-state index in [0.717, 1.165) is 11.1 Å². The molecule has 0 bridgehead atoms. The molecule has 1 aliphatic heterocycles. The van der Waals surface area contributed by atoms with Gasteiger partial charge in [0.2, 0.25) is 0 Å². The summed E-state index contributed by atoms with van der Waals surface area (Å²) in [6.07, 6.45) is -3.27. The van der Waals surface area contributed by atoms with Gasteiger partial charge in [0.15, 0.2) is 0 Å². The van der Waals surface area contributed by atoms with Crippen LogP contribution in [-0.2, 0) is 11.3 Å². The Morgan fingerprint density at radius 1 is 1.55 bits per heavy atom. The Balaban J connectivity index is 1.90. The average molecular weight is 291 g/mol. The number of rotatable bonds is 4. The fourth-order valence-corrected chi connectivity index (χ4v) is 2.00. The molecule has 2 rings (SSSR count). The molecule has 0 aromatic carbocycles. The Hall–Kier alpha value is -1.54. The highest BCUT2D eigenvalue weighted by molar-refractivity contribution is 5.92. The fraction of sp³-hybridized carbons (Fsp3) is 0.583. The lowest BCUT2D eigenvalue weighted by Crippen LogP contribution is -2.45. The lowest BCUT2D eigenvalue weighted by atomic mass is 10.3. The van der Waals surface area contributed by atoms with Crippen LogP contribution < -0.4 is 10.6 Å². The highest BCUT2D eigenvalue weighted by atomic mass is 19.4. The van der Waals surface area contributed by atoms with Crippen molar-refractivity contribution in [3.8, 4) is 0 Å². The third-order valence-electron chi connectivity index (χ3n) is 2.91. The van der Waals surface area contributed by atoms with E-state index in [-0.39, 0.29) is 18.3 Å². The summed E-state index contributed by atoms with van der Waals surface area (Å²) in [5.74, 6) is -0.534. The predicted octanol–water partition coefficient (Wildman–Crippen LogP) is 0.769. The molecule has 1 fully saturated rings. The van der Waals surface area contributed by atoms with Gasteiger partial charge in [-0.3, -0.25) is 4.79 Å². The molecule has 0 spiro atoms. The van der Waals surface area contributed by atoms with Crippen molar-refractivity contribution in [1.82, 2.24) is 15.2 Å². The van der Waals surface area contributed by atoms with Crippen LogP contribution in [0.15, 0.2) is 18.3 Å². The van der Waals surface area contributed by atoms with Gasteiger partial charge in [0.05, 0.1) is 12.7 Å². The smallest absolute Gasteiger partial charge is 0.374 e. The number of ether oxygens (including phenoxy) is 1. The molecular weight excluding hydrogens is 275 g/mol. The largest absolute Gasteiger partial charge is 0.406 e. The standard InChI is InChI=1S/C12H16F3N3O2/c13-12(14,15)8-18-4-1-2-10(18)11(19)17-7-9-6-16-3-5-20-9/h1-2,4,9,16H,3,5-8H2,(H,17,19). The molecule has 112 valence electrons. The zero-order valence-electron chi connectivity index (χ0n) is 10.7. The first kappa shape index (κ1) is 14.9. The van der Waals surface area contributed by atoms with E-state index in [1.54, 1.807) is 0 Å². The number of amides is 1. The van der Waals surface area contributed by atoms with Crippen molar-refractivity contribution in [1.29, 1.82) is 0 Å². The molecule has 0 saturated carbocycles. The molecule has 0 radical (unpaired) electrons. The number of hydrogen-bond acceptors (Lipinski definition) is 3. The van der Waals surface area contributed by atoms with Gasteiger partial charge in [-0.25, -0.2) is 0 Å². The topological polar surface area (TPSA) is 55.3 Å². The minimum absolute atomic E-state index is 0.00825. The van der Waals surface area contributed by atoms with Gasteiger partial charge in [-0.1, -0.05) is 0 Å². The van der Waals surface area contributed by atoms with Crippen LogP contribution in [0.25, 0.3) is 0 Å². The van der Waals surface area contributed by atoms with E-state index in [9.17, 15) is 18.0 Å². The molecule has 1 aromatic rings. The van der Waals surface area contributed by atoms with Crippen LogP contribution in [0.5, 0.6) is 0 Å². The van der Waals surface area contributed by atoms with E-state index in [1.807, 2.05) is 0 Å². The van der Waals surface area contributed by atoms with Crippen molar-refractivity contribution in [3.63, 3.8) is 0 Å². The maximum absolute atomic E-state index is 12.4. The summed E-state index contributed by atoms with van der Waals surface area (Å²) in [5.41, 5.74) is -0.00825. The van der Waals surface area contributed by atoms with Gasteiger partial charge in [0, 0.05) is 25.8 Å². The molecule has 1 aromatic heterocycles. The molecule has 1 atom stereocenters. The number of nitrogens with zero attached hydrogens (tertiary/aromatic N) is 1. The minimum Gasteiger partial charge on any atom is -0.374 e. The third-order valence-corrected chi connectivity index (χ3v) is 2.91. The summed E-state index contributed by atoms with van der Waals surface area (Å²) in [4.78, 5) is 11.9. The second-order valence-electron chi connectivity index (χ2n) is 4.54. The van der Waals surface area contributed by atoms with Crippen LogP contribution in [0.4, 0.5) is 13.2 Å². The van der Waals surface area contributed by atoms with Crippen molar-refractivity contribution in [2.75, 3.05) is 26.2 Å². The fourth-order valence-electron chi connectivity index (χ4n) is 2.00. The Morgan fingerprint density at radius 2 is 2.35 bits per heavy atom. The van der Waals surface area contributed by atoms with E-state index in [2.05, 4.69) is 10.6 Å². The van der Waals surface area contributed by atoms with Crippen LogP contribution in [0.1, 0.15) is 10.5 Å². The maximum atomic E-state index is 12.4. The first-order valence-electron chi connectivity index (χ1n) is 6.28. The molecular formula is C12H16F3N3O2. The van der Waals surface area contributed by atoms with E-state index in [0.29, 0.717) is 13.2 Å². The Kier molecular flexibility index (Phi) is 4.66. The number of hydrogen-bond donors (Lipinski definition) is 2. The molecule has 0 aliphatic carbocycles. The van der Waals surface area contributed by atoms with Crippen LogP contribution in [0.2, 0.25) is 0 Å². The van der Waals surface area contributed by atoms with Gasteiger partial charge >= 0.3 is 6.18 Å². The highest BCUT2D eigenvalue weighted by Crippen LogP contribution is 2.19. The lowest BCUT2D eigenvalue weighted by Gasteiger charge is -2.23. The first-order valence-corrected chi connectivity index (χ1v) is 6.28. The SMILES string of the molecule is O=C(NCC1CNCCO1)c1cccn1CC(F)(F)F. The van der Waals surface area contributed by atoms with Gasteiger partial charge in [0.1, 0.15) is 12.2 Å². The van der Waals surface area contributed by atoms with Crippen LogP contribution in [-0.4, -0.2) is 49.0 Å². The number of halogens is 3.